The van der Waals surface area contributed by atoms with E-state index in [1.807, 2.05) is 13.0 Å². The Balaban J connectivity index is 1.92. The van der Waals surface area contributed by atoms with Gasteiger partial charge in [0.1, 0.15) is 16.2 Å². The lowest BCUT2D eigenvalue weighted by atomic mass is 10.1. The maximum atomic E-state index is 15.2. The van der Waals surface area contributed by atoms with E-state index in [1.54, 1.807) is 24.3 Å². The summed E-state index contributed by atoms with van der Waals surface area (Å²) >= 11 is 0. The van der Waals surface area contributed by atoms with Crippen LogP contribution in [0.5, 0.6) is 0 Å². The first-order chi connectivity index (χ1) is 16.1. The SMILES string of the molecule is CCc1ccc2c(c1)c1c3cccnc3oc(=O)c1n2Cc1c(F)c(F)cc(S(C)(=O)=O)c1F. The molecule has 0 saturated carbocycles. The fourth-order valence-electron chi connectivity index (χ4n) is 4.27. The number of sulfone groups is 1. The molecule has 10 heteroatoms. The van der Waals surface area contributed by atoms with Crippen molar-refractivity contribution in [3.05, 3.63) is 81.6 Å². The first-order valence-corrected chi connectivity index (χ1v) is 12.2. The maximum Gasteiger partial charge on any atom is 0.362 e. The molecule has 0 amide bonds. The molecule has 0 atom stereocenters. The lowest BCUT2D eigenvalue weighted by Crippen LogP contribution is -2.14. The number of pyridine rings is 1. The van der Waals surface area contributed by atoms with E-state index in [4.69, 9.17) is 4.42 Å². The third kappa shape index (κ3) is 3.28. The van der Waals surface area contributed by atoms with Gasteiger partial charge in [0.05, 0.1) is 6.54 Å². The number of benzene rings is 2. The van der Waals surface area contributed by atoms with Crippen LogP contribution in [0, 0.1) is 17.5 Å². The van der Waals surface area contributed by atoms with Gasteiger partial charge in [0.2, 0.25) is 5.71 Å². The molecule has 5 rings (SSSR count). The molecule has 3 heterocycles. The summed E-state index contributed by atoms with van der Waals surface area (Å²) in [6.45, 7) is 1.32. The molecule has 0 fully saturated rings. The third-order valence-corrected chi connectivity index (χ3v) is 6.98. The molecule has 174 valence electrons. The Labute approximate surface area is 191 Å². The van der Waals surface area contributed by atoms with E-state index in [9.17, 15) is 22.0 Å². The lowest BCUT2D eigenvalue weighted by Gasteiger charge is -2.12. The Morgan fingerprint density at radius 3 is 2.53 bits per heavy atom. The van der Waals surface area contributed by atoms with Crippen LogP contribution in [0.4, 0.5) is 13.2 Å². The van der Waals surface area contributed by atoms with Crippen molar-refractivity contribution >= 4 is 42.7 Å². The number of aryl methyl sites for hydroxylation is 1. The summed E-state index contributed by atoms with van der Waals surface area (Å²) < 4.78 is 74.8. The van der Waals surface area contributed by atoms with Crippen molar-refractivity contribution in [1.82, 2.24) is 9.55 Å². The maximum absolute atomic E-state index is 15.2. The number of halogens is 3. The number of rotatable bonds is 4. The van der Waals surface area contributed by atoms with Gasteiger partial charge in [0.15, 0.2) is 21.5 Å². The summed E-state index contributed by atoms with van der Waals surface area (Å²) in [5.74, 6) is -4.45. The Kier molecular flexibility index (Phi) is 5.01. The summed E-state index contributed by atoms with van der Waals surface area (Å²) in [4.78, 5) is 16.1. The van der Waals surface area contributed by atoms with E-state index < -0.39 is 49.9 Å². The van der Waals surface area contributed by atoms with Crippen molar-refractivity contribution in [3.63, 3.8) is 0 Å². The quantitative estimate of drug-likeness (QED) is 0.271. The first-order valence-electron chi connectivity index (χ1n) is 10.3. The zero-order valence-corrected chi connectivity index (χ0v) is 18.8. The number of fused-ring (bicyclic) bond motifs is 5. The van der Waals surface area contributed by atoms with Crippen LogP contribution in [0.25, 0.3) is 32.9 Å². The van der Waals surface area contributed by atoms with Crippen LogP contribution in [0.2, 0.25) is 0 Å². The van der Waals surface area contributed by atoms with Gasteiger partial charge in [-0.05, 0) is 42.3 Å². The molecule has 34 heavy (non-hydrogen) atoms. The summed E-state index contributed by atoms with van der Waals surface area (Å²) in [5.41, 5.74) is -0.101. The predicted octanol–water partition coefficient (Wildman–Crippen LogP) is 4.73. The van der Waals surface area contributed by atoms with Gasteiger partial charge in [-0.2, -0.15) is 0 Å². The molecule has 2 aromatic carbocycles. The van der Waals surface area contributed by atoms with Gasteiger partial charge in [-0.3, -0.25) is 0 Å². The minimum atomic E-state index is -4.18. The fraction of sp³-hybridized carbons (Fsp3) is 0.167. The summed E-state index contributed by atoms with van der Waals surface area (Å²) in [6, 6.07) is 9.05. The molecular formula is C24H17F3N2O4S. The second-order valence-corrected chi connectivity index (χ2v) is 9.98. The van der Waals surface area contributed by atoms with Crippen molar-refractivity contribution in [3.8, 4) is 0 Å². The predicted molar refractivity (Wildman–Crippen MR) is 121 cm³/mol. The van der Waals surface area contributed by atoms with Crippen molar-refractivity contribution < 1.29 is 26.0 Å². The lowest BCUT2D eigenvalue weighted by molar-refractivity contribution is 0.462. The van der Waals surface area contributed by atoms with Crippen molar-refractivity contribution in [2.45, 2.75) is 24.8 Å². The Morgan fingerprint density at radius 1 is 1.06 bits per heavy atom. The van der Waals surface area contributed by atoms with E-state index >= 15 is 4.39 Å². The molecule has 0 unspecified atom stereocenters. The largest absolute Gasteiger partial charge is 0.402 e. The normalized spacial score (nSPS) is 12.3. The van der Waals surface area contributed by atoms with E-state index in [-0.39, 0.29) is 11.2 Å². The van der Waals surface area contributed by atoms with Gasteiger partial charge >= 0.3 is 5.63 Å². The smallest absolute Gasteiger partial charge is 0.362 e. The molecule has 0 radical (unpaired) electrons. The highest BCUT2D eigenvalue weighted by molar-refractivity contribution is 7.90. The number of nitrogens with zero attached hydrogens (tertiary/aromatic N) is 2. The van der Waals surface area contributed by atoms with Gasteiger partial charge in [-0.15, -0.1) is 0 Å². The molecule has 0 spiro atoms. The number of hydrogen-bond acceptors (Lipinski definition) is 5. The van der Waals surface area contributed by atoms with Crippen LogP contribution in [-0.2, 0) is 22.8 Å². The highest BCUT2D eigenvalue weighted by Crippen LogP contribution is 2.35. The molecule has 5 aromatic rings. The number of hydrogen-bond donors (Lipinski definition) is 0. The van der Waals surface area contributed by atoms with Crippen LogP contribution in [0.15, 0.2) is 56.7 Å². The second kappa shape index (κ2) is 7.69. The molecule has 3 aromatic heterocycles. The van der Waals surface area contributed by atoms with Gasteiger partial charge in [0, 0.05) is 39.7 Å². The summed E-state index contributed by atoms with van der Waals surface area (Å²) in [7, 11) is -4.18. The van der Waals surface area contributed by atoms with Crippen LogP contribution >= 0.6 is 0 Å². The van der Waals surface area contributed by atoms with Gasteiger partial charge in [-0.1, -0.05) is 13.0 Å². The third-order valence-electron chi connectivity index (χ3n) is 5.89. The Bertz CT molecular complexity index is 1810. The van der Waals surface area contributed by atoms with Crippen LogP contribution < -0.4 is 5.63 Å². The molecule has 0 aliphatic heterocycles. The molecule has 0 N–H and O–H groups in total. The van der Waals surface area contributed by atoms with Crippen molar-refractivity contribution in [2.24, 2.45) is 0 Å². The molecule has 0 saturated heterocycles. The van der Waals surface area contributed by atoms with E-state index in [1.165, 1.54) is 10.8 Å². The average molecular weight is 486 g/mol. The standard InChI is InChI=1S/C24H17F3N2O4S/c1-3-12-6-7-17-14(9-12)19-13-5-4-8-28-23(13)33-24(30)22(19)29(17)11-15-20(26)16(25)10-18(21(15)27)34(2,31)32/h4-10H,3,11H2,1-2H3. The number of aromatic nitrogens is 2. The summed E-state index contributed by atoms with van der Waals surface area (Å²) in [5, 5.41) is 1.62. The highest BCUT2D eigenvalue weighted by atomic mass is 32.2. The highest BCUT2D eigenvalue weighted by Gasteiger charge is 2.26. The molecule has 0 bridgehead atoms. The molecular weight excluding hydrogens is 469 g/mol. The van der Waals surface area contributed by atoms with Gasteiger partial charge in [-0.25, -0.2) is 31.4 Å². The topological polar surface area (TPSA) is 82.2 Å². The van der Waals surface area contributed by atoms with Crippen LogP contribution in [0.1, 0.15) is 18.1 Å². The average Bonchev–Trinajstić information content (AvgIpc) is 3.12. The zero-order chi connectivity index (χ0) is 24.4. The van der Waals surface area contributed by atoms with Crippen LogP contribution in [-0.4, -0.2) is 24.2 Å². The Hall–Kier alpha value is -3.66. The minimum Gasteiger partial charge on any atom is -0.402 e. The van der Waals surface area contributed by atoms with Crippen molar-refractivity contribution in [1.29, 1.82) is 0 Å². The Morgan fingerprint density at radius 2 is 1.82 bits per heavy atom. The van der Waals surface area contributed by atoms with Crippen LogP contribution in [0.3, 0.4) is 0 Å². The first kappa shape index (κ1) is 22.1. The zero-order valence-electron chi connectivity index (χ0n) is 18.0. The van der Waals surface area contributed by atoms with E-state index in [2.05, 4.69) is 4.98 Å². The van der Waals surface area contributed by atoms with E-state index in [0.717, 1.165) is 5.56 Å². The minimum absolute atomic E-state index is 0.00715. The van der Waals surface area contributed by atoms with Gasteiger partial charge < -0.3 is 8.98 Å². The summed E-state index contributed by atoms with van der Waals surface area (Å²) in [6.07, 6.45) is 2.87. The second-order valence-electron chi connectivity index (χ2n) is 8.00. The van der Waals surface area contributed by atoms with E-state index in [0.29, 0.717) is 40.4 Å². The molecule has 0 aliphatic rings. The monoisotopic (exact) mass is 486 g/mol. The van der Waals surface area contributed by atoms with Crippen molar-refractivity contribution in [2.75, 3.05) is 6.26 Å². The molecule has 0 aliphatic carbocycles. The fourth-order valence-corrected chi connectivity index (χ4v) is 5.03. The van der Waals surface area contributed by atoms with Gasteiger partial charge in [0.25, 0.3) is 0 Å². The molecule has 6 nitrogen and oxygen atoms in total.